The maximum Gasteiger partial charge on any atom is 0.504 e. The largest absolute Gasteiger partial charge is 0.504 e. The van der Waals surface area contributed by atoms with E-state index < -0.39 is 17.6 Å². The van der Waals surface area contributed by atoms with Gasteiger partial charge < -0.3 is 26.6 Å². The molecular weight excluding hydrogens is 308 g/mol. The summed E-state index contributed by atoms with van der Waals surface area (Å²) in [6, 6.07) is 1.44. The Morgan fingerprint density at radius 3 is 1.24 bits per heavy atom. The minimum atomic E-state index is -2.34. The highest BCUT2D eigenvalue weighted by molar-refractivity contribution is 6.61. The maximum atomic E-state index is 5.18. The molecule has 0 amide bonds. The van der Waals surface area contributed by atoms with Crippen LogP contribution in [-0.2, 0) is 26.6 Å². The number of rotatable bonds is 11. The van der Waals surface area contributed by atoms with Crippen molar-refractivity contribution in [3.63, 3.8) is 0 Å². The topological polar surface area (TPSA) is 55.4 Å². The summed E-state index contributed by atoms with van der Waals surface area (Å²) in [6.45, 7) is 7.21. The van der Waals surface area contributed by atoms with Crippen LogP contribution in [0.25, 0.3) is 0 Å². The predicted octanol–water partition coefficient (Wildman–Crippen LogP) is 2.49. The van der Waals surface area contributed by atoms with Crippen LogP contribution in [0.5, 0.6) is 0 Å². The van der Waals surface area contributed by atoms with Gasteiger partial charge in [0, 0.05) is 54.7 Å². The van der Waals surface area contributed by atoms with Gasteiger partial charge in [-0.1, -0.05) is 12.2 Å². The standard InChI is InChI=1S/C7H16O3Si.C6H14O3Si/c1-5-6-7-11(8-2,9-3)10-4;1-5-6-10(7-2,8-3)9-4/h5H,1,6-7H2,2-4H3;5H,1,6H2,2-4H3. The lowest BCUT2D eigenvalue weighted by Crippen LogP contribution is -2.42. The maximum absolute atomic E-state index is 5.18. The number of hydrogen-bond acceptors (Lipinski definition) is 6. The molecule has 0 fully saturated rings. The van der Waals surface area contributed by atoms with Gasteiger partial charge in [-0.05, 0) is 6.42 Å². The highest BCUT2D eigenvalue weighted by atomic mass is 28.4. The van der Waals surface area contributed by atoms with Crippen LogP contribution in [0.1, 0.15) is 6.42 Å². The van der Waals surface area contributed by atoms with E-state index in [4.69, 9.17) is 26.6 Å². The van der Waals surface area contributed by atoms with E-state index in [1.54, 1.807) is 48.7 Å². The van der Waals surface area contributed by atoms with Crippen molar-refractivity contribution < 1.29 is 26.6 Å². The van der Waals surface area contributed by atoms with Crippen molar-refractivity contribution in [3.8, 4) is 0 Å². The van der Waals surface area contributed by atoms with Gasteiger partial charge in [0.25, 0.3) is 0 Å². The van der Waals surface area contributed by atoms with Crippen LogP contribution in [0.2, 0.25) is 12.1 Å². The van der Waals surface area contributed by atoms with Crippen LogP contribution in [-0.4, -0.2) is 60.3 Å². The van der Waals surface area contributed by atoms with Crippen LogP contribution in [0.3, 0.4) is 0 Å². The molecule has 0 atom stereocenters. The normalized spacial score (nSPS) is 11.5. The summed E-state index contributed by atoms with van der Waals surface area (Å²) in [4.78, 5) is 0. The molecular formula is C13H30O6Si2. The molecule has 21 heavy (non-hydrogen) atoms. The highest BCUT2D eigenvalue weighted by Crippen LogP contribution is 2.14. The zero-order chi connectivity index (χ0) is 16.8. The molecule has 0 aliphatic rings. The van der Waals surface area contributed by atoms with Gasteiger partial charge in [0.2, 0.25) is 0 Å². The minimum Gasteiger partial charge on any atom is -0.377 e. The average molecular weight is 339 g/mol. The second-order valence-electron chi connectivity index (χ2n) is 3.91. The van der Waals surface area contributed by atoms with Gasteiger partial charge in [-0.25, -0.2) is 0 Å². The van der Waals surface area contributed by atoms with Crippen LogP contribution in [0.15, 0.2) is 25.3 Å². The molecule has 8 heteroatoms. The summed E-state index contributed by atoms with van der Waals surface area (Å²) in [6.07, 6.45) is 4.43. The molecule has 126 valence electrons. The minimum absolute atomic E-state index is 0.649. The molecule has 0 radical (unpaired) electrons. The van der Waals surface area contributed by atoms with Crippen molar-refractivity contribution >= 4 is 17.6 Å². The van der Waals surface area contributed by atoms with E-state index >= 15 is 0 Å². The Morgan fingerprint density at radius 2 is 1.05 bits per heavy atom. The molecule has 0 bridgehead atoms. The molecule has 0 aromatic rings. The van der Waals surface area contributed by atoms with Gasteiger partial charge in [0.15, 0.2) is 0 Å². The van der Waals surface area contributed by atoms with Crippen molar-refractivity contribution in [2.75, 3.05) is 42.7 Å². The number of hydrogen-bond donors (Lipinski definition) is 0. The van der Waals surface area contributed by atoms with Crippen molar-refractivity contribution in [2.45, 2.75) is 18.5 Å². The molecule has 0 aromatic heterocycles. The van der Waals surface area contributed by atoms with E-state index in [1.165, 1.54) is 0 Å². The molecule has 0 aliphatic carbocycles. The first-order valence-electron chi connectivity index (χ1n) is 6.51. The molecule has 0 saturated heterocycles. The van der Waals surface area contributed by atoms with Crippen molar-refractivity contribution in [1.29, 1.82) is 0 Å². The van der Waals surface area contributed by atoms with Gasteiger partial charge in [-0.2, -0.15) is 0 Å². The third-order valence-electron chi connectivity index (χ3n) is 2.92. The fourth-order valence-electron chi connectivity index (χ4n) is 1.51. The summed E-state index contributed by atoms with van der Waals surface area (Å²) >= 11 is 0. The third-order valence-corrected chi connectivity index (χ3v) is 8.34. The smallest absolute Gasteiger partial charge is 0.377 e. The summed E-state index contributed by atoms with van der Waals surface area (Å²) in [5, 5.41) is 0. The average Bonchev–Trinajstić information content (AvgIpc) is 2.55. The number of allylic oxidation sites excluding steroid dienone is 2. The third kappa shape index (κ3) is 8.64. The van der Waals surface area contributed by atoms with E-state index in [0.717, 1.165) is 12.5 Å². The summed E-state index contributed by atoms with van der Waals surface area (Å²) in [5.41, 5.74) is 0. The van der Waals surface area contributed by atoms with E-state index in [2.05, 4.69) is 13.2 Å². The fraction of sp³-hybridized carbons (Fsp3) is 0.692. The van der Waals surface area contributed by atoms with Crippen LogP contribution >= 0.6 is 0 Å². The quantitative estimate of drug-likeness (QED) is 0.426. The van der Waals surface area contributed by atoms with Crippen LogP contribution in [0, 0.1) is 0 Å². The lowest BCUT2D eigenvalue weighted by Gasteiger charge is -2.23. The first-order chi connectivity index (χ1) is 9.99. The van der Waals surface area contributed by atoms with Gasteiger partial charge in [0.1, 0.15) is 0 Å². The van der Waals surface area contributed by atoms with Crippen LogP contribution in [0.4, 0.5) is 0 Å². The Bertz CT molecular complexity index is 251. The van der Waals surface area contributed by atoms with Gasteiger partial charge in [-0.15, -0.1) is 13.2 Å². The molecule has 0 saturated carbocycles. The Morgan fingerprint density at radius 1 is 0.667 bits per heavy atom. The Balaban J connectivity index is 0. The Kier molecular flexibility index (Phi) is 14.6. The molecule has 0 unspecified atom stereocenters. The van der Waals surface area contributed by atoms with Gasteiger partial charge in [0.05, 0.1) is 0 Å². The first kappa shape index (κ1) is 22.9. The predicted molar refractivity (Wildman–Crippen MR) is 88.2 cm³/mol. The zero-order valence-electron chi connectivity index (χ0n) is 14.1. The fourth-order valence-corrected chi connectivity index (χ4v) is 4.54. The highest BCUT2D eigenvalue weighted by Gasteiger charge is 2.36. The van der Waals surface area contributed by atoms with Crippen LogP contribution < -0.4 is 0 Å². The molecule has 0 heterocycles. The first-order valence-corrected chi connectivity index (χ1v) is 10.4. The summed E-state index contributed by atoms with van der Waals surface area (Å²) in [5.74, 6) is 0. The van der Waals surface area contributed by atoms with E-state index in [-0.39, 0.29) is 0 Å². The molecule has 0 aromatic carbocycles. The molecule has 0 aliphatic heterocycles. The van der Waals surface area contributed by atoms with Crippen molar-refractivity contribution in [2.24, 2.45) is 0 Å². The molecule has 0 rings (SSSR count). The van der Waals surface area contributed by atoms with Crippen molar-refractivity contribution in [3.05, 3.63) is 25.3 Å². The SMILES string of the molecule is C=CCC[Si](OC)(OC)OC.C=CC[Si](OC)(OC)OC. The van der Waals surface area contributed by atoms with Gasteiger partial charge >= 0.3 is 17.6 Å². The lowest BCUT2D eigenvalue weighted by atomic mass is 10.5. The Hall–Kier alpha value is -0.326. The zero-order valence-corrected chi connectivity index (χ0v) is 16.1. The summed E-state index contributed by atoms with van der Waals surface area (Å²) in [7, 11) is 4.95. The lowest BCUT2D eigenvalue weighted by molar-refractivity contribution is 0.124. The van der Waals surface area contributed by atoms with E-state index in [0.29, 0.717) is 6.04 Å². The molecule has 0 spiro atoms. The monoisotopic (exact) mass is 338 g/mol. The summed E-state index contributed by atoms with van der Waals surface area (Å²) < 4.78 is 30.9. The molecule has 6 nitrogen and oxygen atoms in total. The van der Waals surface area contributed by atoms with Gasteiger partial charge in [-0.3, -0.25) is 0 Å². The second-order valence-corrected chi connectivity index (χ2v) is 10.0. The van der Waals surface area contributed by atoms with E-state index in [9.17, 15) is 0 Å². The van der Waals surface area contributed by atoms with Crippen molar-refractivity contribution in [1.82, 2.24) is 0 Å². The molecule has 0 N–H and O–H groups in total. The Labute approximate surface area is 131 Å². The second kappa shape index (κ2) is 13.3. The van der Waals surface area contributed by atoms with E-state index in [1.807, 2.05) is 6.08 Å².